The first-order valence-electron chi connectivity index (χ1n) is 5.26. The Morgan fingerprint density at radius 3 is 2.75 bits per heavy atom. The van der Waals surface area contributed by atoms with Gasteiger partial charge in [-0.05, 0) is 18.5 Å². The summed E-state index contributed by atoms with van der Waals surface area (Å²) in [5, 5.41) is 3.14. The molecule has 16 heavy (non-hydrogen) atoms. The largest absolute Gasteiger partial charge is 0.468 e. The van der Waals surface area contributed by atoms with Crippen LogP contribution in [0.1, 0.15) is 18.0 Å². The van der Waals surface area contributed by atoms with E-state index in [9.17, 15) is 4.79 Å². The van der Waals surface area contributed by atoms with Crippen LogP contribution in [0, 0.1) is 0 Å². The molecule has 0 spiro atoms. The van der Waals surface area contributed by atoms with Gasteiger partial charge in [-0.3, -0.25) is 0 Å². The van der Waals surface area contributed by atoms with Crippen LogP contribution in [0.3, 0.4) is 0 Å². The molecule has 1 aromatic rings. The van der Waals surface area contributed by atoms with Gasteiger partial charge >= 0.3 is 5.97 Å². The number of methoxy groups -OCH3 is 1. The van der Waals surface area contributed by atoms with Gasteiger partial charge in [0.15, 0.2) is 0 Å². The Labute approximate surface area is 96.1 Å². The van der Waals surface area contributed by atoms with Gasteiger partial charge in [-0.15, -0.1) is 6.58 Å². The van der Waals surface area contributed by atoms with Crippen LogP contribution in [0.2, 0.25) is 0 Å². The molecular weight excluding hydrogens is 202 g/mol. The smallest absolute Gasteiger partial charge is 0.327 e. The second-order valence-electron chi connectivity index (χ2n) is 3.40. The summed E-state index contributed by atoms with van der Waals surface area (Å²) in [6.07, 6.45) is 2.63. The second-order valence-corrected chi connectivity index (χ2v) is 3.40. The maximum absolute atomic E-state index is 11.6. The van der Waals surface area contributed by atoms with E-state index in [0.29, 0.717) is 6.54 Å². The topological polar surface area (TPSA) is 38.3 Å². The highest BCUT2D eigenvalue weighted by molar-refractivity contribution is 5.77. The Balaban J connectivity index is 2.71. The summed E-state index contributed by atoms with van der Waals surface area (Å²) in [7, 11) is 1.40. The maximum atomic E-state index is 11.6. The maximum Gasteiger partial charge on any atom is 0.327 e. The van der Waals surface area contributed by atoms with Gasteiger partial charge in [-0.1, -0.05) is 36.4 Å². The number of hydrogen-bond donors (Lipinski definition) is 1. The summed E-state index contributed by atoms with van der Waals surface area (Å²) in [6, 6.07) is 9.14. The van der Waals surface area contributed by atoms with E-state index in [4.69, 9.17) is 4.74 Å². The van der Waals surface area contributed by atoms with Crippen molar-refractivity contribution in [2.24, 2.45) is 0 Å². The third-order valence-corrected chi connectivity index (χ3v) is 2.27. The van der Waals surface area contributed by atoms with Gasteiger partial charge in [0.1, 0.15) is 6.04 Å². The molecular formula is C13H17NO2. The molecule has 1 N–H and O–H groups in total. The first-order chi connectivity index (χ1) is 7.79. The van der Waals surface area contributed by atoms with Crippen LogP contribution in [-0.2, 0) is 9.53 Å². The summed E-state index contributed by atoms with van der Waals surface area (Å²) in [4.78, 5) is 11.6. The summed E-state index contributed by atoms with van der Waals surface area (Å²) in [6.45, 7) is 4.35. The van der Waals surface area contributed by atoms with Crippen LogP contribution in [0.5, 0.6) is 0 Å². The van der Waals surface area contributed by atoms with Crippen LogP contribution in [-0.4, -0.2) is 19.6 Å². The highest BCUT2D eigenvalue weighted by Gasteiger charge is 2.19. The van der Waals surface area contributed by atoms with E-state index >= 15 is 0 Å². The molecule has 3 heteroatoms. The average Bonchev–Trinajstić information content (AvgIpc) is 2.35. The van der Waals surface area contributed by atoms with Gasteiger partial charge in [-0.25, -0.2) is 4.79 Å². The average molecular weight is 219 g/mol. The molecule has 1 rings (SSSR count). The summed E-state index contributed by atoms with van der Waals surface area (Å²) in [5.41, 5.74) is 0.915. The molecule has 0 radical (unpaired) electrons. The molecule has 0 aromatic heterocycles. The van der Waals surface area contributed by atoms with Crippen molar-refractivity contribution < 1.29 is 9.53 Å². The molecule has 1 atom stereocenters. The minimum atomic E-state index is -0.397. The van der Waals surface area contributed by atoms with Crippen molar-refractivity contribution in [2.75, 3.05) is 13.7 Å². The number of nitrogens with one attached hydrogen (secondary N) is 1. The molecule has 0 saturated carbocycles. The van der Waals surface area contributed by atoms with E-state index in [1.807, 2.05) is 36.4 Å². The van der Waals surface area contributed by atoms with Crippen molar-refractivity contribution in [1.29, 1.82) is 0 Å². The highest BCUT2D eigenvalue weighted by atomic mass is 16.5. The number of ether oxygens (including phenoxy) is 1. The molecule has 0 amide bonds. The van der Waals surface area contributed by atoms with Gasteiger partial charge in [0, 0.05) is 0 Å². The number of rotatable bonds is 6. The monoisotopic (exact) mass is 219 g/mol. The van der Waals surface area contributed by atoms with Crippen molar-refractivity contribution in [3.63, 3.8) is 0 Å². The fraction of sp³-hybridized carbons (Fsp3) is 0.308. The van der Waals surface area contributed by atoms with Crippen molar-refractivity contribution in [3.8, 4) is 0 Å². The van der Waals surface area contributed by atoms with E-state index in [2.05, 4.69) is 11.9 Å². The van der Waals surface area contributed by atoms with E-state index in [-0.39, 0.29) is 5.97 Å². The number of esters is 1. The molecule has 3 nitrogen and oxygen atoms in total. The zero-order chi connectivity index (χ0) is 11.8. The SMILES string of the molecule is C=CCCN[C@H](C(=O)OC)c1ccccc1. The molecule has 0 saturated heterocycles. The van der Waals surface area contributed by atoms with Crippen LogP contribution in [0.25, 0.3) is 0 Å². The molecule has 0 aliphatic rings. The summed E-state index contributed by atoms with van der Waals surface area (Å²) in [5.74, 6) is -0.268. The van der Waals surface area contributed by atoms with Crippen molar-refractivity contribution in [2.45, 2.75) is 12.5 Å². The van der Waals surface area contributed by atoms with E-state index in [1.165, 1.54) is 7.11 Å². The van der Waals surface area contributed by atoms with Crippen LogP contribution < -0.4 is 5.32 Å². The fourth-order valence-corrected chi connectivity index (χ4v) is 1.43. The Kier molecular flexibility index (Phi) is 5.29. The lowest BCUT2D eigenvalue weighted by atomic mass is 10.1. The van der Waals surface area contributed by atoms with Gasteiger partial charge in [-0.2, -0.15) is 0 Å². The van der Waals surface area contributed by atoms with E-state index < -0.39 is 6.04 Å². The lowest BCUT2D eigenvalue weighted by Crippen LogP contribution is -2.30. The normalized spacial score (nSPS) is 11.8. The van der Waals surface area contributed by atoms with Crippen LogP contribution >= 0.6 is 0 Å². The minimum absolute atomic E-state index is 0.268. The third-order valence-electron chi connectivity index (χ3n) is 2.27. The summed E-state index contributed by atoms with van der Waals surface area (Å²) >= 11 is 0. The predicted molar refractivity (Wildman–Crippen MR) is 64.0 cm³/mol. The third kappa shape index (κ3) is 3.51. The Hall–Kier alpha value is -1.61. The Morgan fingerprint density at radius 1 is 1.50 bits per heavy atom. The molecule has 0 aliphatic carbocycles. The molecule has 0 fully saturated rings. The molecule has 0 bridgehead atoms. The zero-order valence-electron chi connectivity index (χ0n) is 9.48. The molecule has 0 unspecified atom stereocenters. The van der Waals surface area contributed by atoms with E-state index in [1.54, 1.807) is 0 Å². The van der Waals surface area contributed by atoms with Crippen LogP contribution in [0.15, 0.2) is 43.0 Å². The van der Waals surface area contributed by atoms with Crippen molar-refractivity contribution in [1.82, 2.24) is 5.32 Å². The molecule has 0 aliphatic heterocycles. The Morgan fingerprint density at radius 2 is 2.19 bits per heavy atom. The lowest BCUT2D eigenvalue weighted by Gasteiger charge is -2.16. The van der Waals surface area contributed by atoms with Gasteiger partial charge in [0.25, 0.3) is 0 Å². The lowest BCUT2D eigenvalue weighted by molar-refractivity contribution is -0.143. The van der Waals surface area contributed by atoms with Crippen LogP contribution in [0.4, 0.5) is 0 Å². The first-order valence-corrected chi connectivity index (χ1v) is 5.26. The number of hydrogen-bond acceptors (Lipinski definition) is 3. The van der Waals surface area contributed by atoms with Gasteiger partial charge in [0.05, 0.1) is 7.11 Å². The van der Waals surface area contributed by atoms with Gasteiger partial charge in [0.2, 0.25) is 0 Å². The zero-order valence-corrected chi connectivity index (χ0v) is 9.48. The first kappa shape index (κ1) is 12.5. The van der Waals surface area contributed by atoms with Gasteiger partial charge < -0.3 is 10.1 Å². The summed E-state index contributed by atoms with van der Waals surface area (Å²) < 4.78 is 4.77. The standard InChI is InChI=1S/C13H17NO2/c1-3-4-10-14-12(13(15)16-2)11-8-6-5-7-9-11/h3,5-9,12,14H,1,4,10H2,2H3/t12-/m0/s1. The molecule has 86 valence electrons. The Bertz CT molecular complexity index is 335. The number of benzene rings is 1. The quantitative estimate of drug-likeness (QED) is 0.452. The van der Waals surface area contributed by atoms with Crippen molar-refractivity contribution >= 4 is 5.97 Å². The minimum Gasteiger partial charge on any atom is -0.468 e. The van der Waals surface area contributed by atoms with E-state index in [0.717, 1.165) is 12.0 Å². The second kappa shape index (κ2) is 6.80. The predicted octanol–water partition coefficient (Wildman–Crippen LogP) is 2.07. The highest BCUT2D eigenvalue weighted by Crippen LogP contribution is 2.13. The molecule has 0 heterocycles. The number of carbonyl (C=O) groups excluding carboxylic acids is 1. The number of carbonyl (C=O) groups is 1. The molecule has 1 aromatic carbocycles. The fourth-order valence-electron chi connectivity index (χ4n) is 1.43. The van der Waals surface area contributed by atoms with Crippen molar-refractivity contribution in [3.05, 3.63) is 48.6 Å².